The summed E-state index contributed by atoms with van der Waals surface area (Å²) in [6, 6.07) is 6.49. The quantitative estimate of drug-likeness (QED) is 0.717. The van der Waals surface area contributed by atoms with Crippen LogP contribution in [0.25, 0.3) is 0 Å². The van der Waals surface area contributed by atoms with Gasteiger partial charge in [0.15, 0.2) is 0 Å². The Kier molecular flexibility index (Phi) is 7.24. The van der Waals surface area contributed by atoms with E-state index >= 15 is 0 Å². The van der Waals surface area contributed by atoms with Gasteiger partial charge in [-0.1, -0.05) is 31.5 Å². The highest BCUT2D eigenvalue weighted by Crippen LogP contribution is 2.24. The summed E-state index contributed by atoms with van der Waals surface area (Å²) in [5, 5.41) is 2.85. The number of aryl methyl sites for hydroxylation is 1. The summed E-state index contributed by atoms with van der Waals surface area (Å²) >= 11 is 0. The maximum Gasteiger partial charge on any atom is 0.408 e. The van der Waals surface area contributed by atoms with Crippen molar-refractivity contribution < 1.29 is 22.1 Å². The van der Waals surface area contributed by atoms with Crippen LogP contribution < -0.4 is 5.32 Å². The molecule has 0 bridgehead atoms. The minimum absolute atomic E-state index is 0.0453. The van der Waals surface area contributed by atoms with Crippen LogP contribution >= 0.6 is 0 Å². The minimum atomic E-state index is -3.84. The summed E-state index contributed by atoms with van der Waals surface area (Å²) in [6.45, 7) is 12.8. The van der Waals surface area contributed by atoms with Crippen molar-refractivity contribution in [1.82, 2.24) is 5.32 Å². The van der Waals surface area contributed by atoms with Crippen LogP contribution in [0.5, 0.6) is 0 Å². The molecule has 148 valence electrons. The van der Waals surface area contributed by atoms with Crippen LogP contribution in [0, 0.1) is 12.8 Å². The van der Waals surface area contributed by atoms with E-state index in [1.54, 1.807) is 32.9 Å². The van der Waals surface area contributed by atoms with E-state index in [1.165, 1.54) is 12.1 Å². The normalized spacial score (nSPS) is 15.8. The average molecular weight is 386 g/mol. The molecule has 1 aromatic carbocycles. The Morgan fingerprint density at radius 3 is 2.15 bits per heavy atom. The molecule has 26 heavy (non-hydrogen) atoms. The fourth-order valence-electron chi connectivity index (χ4n) is 2.25. The van der Waals surface area contributed by atoms with Gasteiger partial charge in [0.25, 0.3) is 10.1 Å². The van der Waals surface area contributed by atoms with Crippen LogP contribution in [0.1, 0.15) is 53.5 Å². The van der Waals surface area contributed by atoms with Crippen molar-refractivity contribution in [3.8, 4) is 0 Å². The number of carbonyl (C=O) groups is 1. The van der Waals surface area contributed by atoms with E-state index in [0.29, 0.717) is 6.42 Å². The number of amides is 1. The number of carbonyl (C=O) groups excluding carboxylic acids is 1. The van der Waals surface area contributed by atoms with E-state index in [1.807, 2.05) is 27.7 Å². The van der Waals surface area contributed by atoms with Crippen molar-refractivity contribution in [1.29, 1.82) is 0 Å². The summed E-state index contributed by atoms with van der Waals surface area (Å²) in [5.74, 6) is -0.250. The first-order valence-corrected chi connectivity index (χ1v) is 10.2. The van der Waals surface area contributed by atoms with Crippen LogP contribution in [0.3, 0.4) is 0 Å². The molecule has 0 aliphatic rings. The predicted octanol–water partition coefficient (Wildman–Crippen LogP) is 4.03. The van der Waals surface area contributed by atoms with Gasteiger partial charge in [-0.05, 0) is 53.2 Å². The van der Waals surface area contributed by atoms with E-state index in [2.05, 4.69) is 5.32 Å². The first-order chi connectivity index (χ1) is 11.8. The highest BCUT2D eigenvalue weighted by molar-refractivity contribution is 7.86. The molecule has 7 heteroatoms. The SMILES string of the molecule is CC[C@@](C)(NC(=O)OC(C)(C)C)C(C)COS(=O)(=O)c1ccc(C)cc1. The number of alkyl carbamates (subject to hydrolysis) is 1. The van der Waals surface area contributed by atoms with Gasteiger partial charge in [-0.3, -0.25) is 4.18 Å². The Morgan fingerprint density at radius 2 is 1.69 bits per heavy atom. The lowest BCUT2D eigenvalue weighted by atomic mass is 9.85. The summed E-state index contributed by atoms with van der Waals surface area (Å²) in [7, 11) is -3.84. The molecule has 0 radical (unpaired) electrons. The molecule has 0 aliphatic carbocycles. The Labute approximate surface area is 157 Å². The second-order valence-corrected chi connectivity index (χ2v) is 9.47. The zero-order valence-electron chi connectivity index (χ0n) is 16.8. The molecular formula is C19H31NO5S. The molecule has 0 saturated carbocycles. The van der Waals surface area contributed by atoms with Crippen LogP contribution in [0.15, 0.2) is 29.2 Å². The summed E-state index contributed by atoms with van der Waals surface area (Å²) in [4.78, 5) is 12.2. The fourth-order valence-corrected chi connectivity index (χ4v) is 3.23. The maximum atomic E-state index is 12.3. The third-order valence-electron chi connectivity index (χ3n) is 4.39. The van der Waals surface area contributed by atoms with Crippen molar-refractivity contribution in [3.05, 3.63) is 29.8 Å². The van der Waals surface area contributed by atoms with E-state index < -0.39 is 27.4 Å². The first kappa shape index (κ1) is 22.4. The van der Waals surface area contributed by atoms with Gasteiger partial charge in [-0.15, -0.1) is 0 Å². The predicted molar refractivity (Wildman–Crippen MR) is 102 cm³/mol. The molecule has 1 N–H and O–H groups in total. The maximum absolute atomic E-state index is 12.3. The molecule has 0 saturated heterocycles. The van der Waals surface area contributed by atoms with Crippen LogP contribution in [-0.4, -0.2) is 32.3 Å². The van der Waals surface area contributed by atoms with Crippen LogP contribution in [0.4, 0.5) is 4.79 Å². The molecular weight excluding hydrogens is 354 g/mol. The van der Waals surface area contributed by atoms with Crippen molar-refractivity contribution >= 4 is 16.2 Å². The van der Waals surface area contributed by atoms with Gasteiger partial charge in [-0.2, -0.15) is 8.42 Å². The summed E-state index contributed by atoms with van der Waals surface area (Å²) < 4.78 is 35.2. The van der Waals surface area contributed by atoms with Gasteiger partial charge in [0.1, 0.15) is 5.60 Å². The zero-order chi connectivity index (χ0) is 20.2. The smallest absolute Gasteiger partial charge is 0.408 e. The zero-order valence-corrected chi connectivity index (χ0v) is 17.6. The number of ether oxygens (including phenoxy) is 1. The molecule has 1 unspecified atom stereocenters. The summed E-state index contributed by atoms with van der Waals surface area (Å²) in [5.41, 5.74) is -0.296. The molecule has 1 aromatic rings. The van der Waals surface area contributed by atoms with Gasteiger partial charge in [-0.25, -0.2) is 4.79 Å². The van der Waals surface area contributed by atoms with Crippen LogP contribution in [-0.2, 0) is 19.0 Å². The third-order valence-corrected chi connectivity index (χ3v) is 5.69. The standard InChI is InChI=1S/C19H31NO5S/c1-8-19(7,20-17(21)25-18(4,5)6)15(3)13-24-26(22,23)16-11-9-14(2)10-12-16/h9-12,15H,8,13H2,1-7H3,(H,20,21)/t15?,19-/m1/s1. The molecule has 1 amide bonds. The molecule has 0 aliphatic heterocycles. The van der Waals surface area contributed by atoms with Gasteiger partial charge in [0.05, 0.1) is 11.5 Å². The lowest BCUT2D eigenvalue weighted by Gasteiger charge is -2.36. The van der Waals surface area contributed by atoms with E-state index in [-0.39, 0.29) is 17.4 Å². The average Bonchev–Trinajstić information content (AvgIpc) is 2.51. The van der Waals surface area contributed by atoms with Crippen molar-refractivity contribution in [2.24, 2.45) is 5.92 Å². The second kappa shape index (κ2) is 8.39. The Hall–Kier alpha value is -1.60. The molecule has 0 heterocycles. The number of rotatable bonds is 7. The molecule has 0 fully saturated rings. The molecule has 0 aromatic heterocycles. The largest absolute Gasteiger partial charge is 0.444 e. The molecule has 6 nitrogen and oxygen atoms in total. The molecule has 1 rings (SSSR count). The lowest BCUT2D eigenvalue weighted by molar-refractivity contribution is 0.0400. The Bertz CT molecular complexity index is 706. The highest BCUT2D eigenvalue weighted by Gasteiger charge is 2.34. The highest BCUT2D eigenvalue weighted by atomic mass is 32.2. The monoisotopic (exact) mass is 385 g/mol. The molecule has 2 atom stereocenters. The van der Waals surface area contributed by atoms with Crippen molar-refractivity contribution in [3.63, 3.8) is 0 Å². The van der Waals surface area contributed by atoms with E-state index in [4.69, 9.17) is 8.92 Å². The number of benzene rings is 1. The number of hydrogen-bond donors (Lipinski definition) is 1. The van der Waals surface area contributed by atoms with Gasteiger partial charge in [0.2, 0.25) is 0 Å². The third kappa shape index (κ3) is 6.61. The van der Waals surface area contributed by atoms with Crippen molar-refractivity contribution in [2.75, 3.05) is 6.61 Å². The van der Waals surface area contributed by atoms with E-state index in [0.717, 1.165) is 5.56 Å². The Morgan fingerprint density at radius 1 is 1.15 bits per heavy atom. The van der Waals surface area contributed by atoms with Gasteiger partial charge >= 0.3 is 6.09 Å². The van der Waals surface area contributed by atoms with E-state index in [9.17, 15) is 13.2 Å². The number of hydrogen-bond acceptors (Lipinski definition) is 5. The topological polar surface area (TPSA) is 81.7 Å². The lowest BCUT2D eigenvalue weighted by Crippen LogP contribution is -2.52. The second-order valence-electron chi connectivity index (χ2n) is 7.85. The Balaban J connectivity index is 2.78. The number of nitrogens with one attached hydrogen (secondary N) is 1. The minimum Gasteiger partial charge on any atom is -0.444 e. The fraction of sp³-hybridized carbons (Fsp3) is 0.632. The molecule has 0 spiro atoms. The van der Waals surface area contributed by atoms with Gasteiger partial charge < -0.3 is 10.1 Å². The first-order valence-electron chi connectivity index (χ1n) is 8.76. The van der Waals surface area contributed by atoms with Gasteiger partial charge in [0, 0.05) is 11.5 Å². The van der Waals surface area contributed by atoms with Crippen molar-refractivity contribution in [2.45, 2.75) is 70.9 Å². The van der Waals surface area contributed by atoms with Crippen LogP contribution in [0.2, 0.25) is 0 Å². The summed E-state index contributed by atoms with van der Waals surface area (Å²) in [6.07, 6.45) is 0.0662.